The van der Waals surface area contributed by atoms with Crippen LogP contribution in [-0.2, 0) is 16.2 Å². The van der Waals surface area contributed by atoms with Gasteiger partial charge in [-0.1, -0.05) is 147 Å². The van der Waals surface area contributed by atoms with Crippen LogP contribution < -0.4 is 9.30 Å². The molecule has 5 aromatic carbocycles. The lowest BCUT2D eigenvalue weighted by Gasteiger charge is -2.33. The van der Waals surface area contributed by atoms with Gasteiger partial charge in [0.1, 0.15) is 17.3 Å². The predicted octanol–water partition coefficient (Wildman–Crippen LogP) is 13.5. The average Bonchev–Trinajstić information content (AvgIpc) is 3.94. The van der Waals surface area contributed by atoms with Crippen LogP contribution in [-0.4, -0.2) is 19.1 Å². The number of imidazole rings is 1. The minimum atomic E-state index is -0.730. The Morgan fingerprint density at radius 2 is 1.18 bits per heavy atom. The number of aromatic nitrogens is 5. The average molecular weight is 810 g/mol. The summed E-state index contributed by atoms with van der Waals surface area (Å²) < 4.78 is 101. The van der Waals surface area contributed by atoms with E-state index < -0.39 is 71.3 Å². The third-order valence-electron chi connectivity index (χ3n) is 10.9. The molecule has 6 nitrogen and oxygen atoms in total. The molecule has 304 valence electrons. The molecule has 0 unspecified atom stereocenters. The molecule has 0 atom stereocenters. The van der Waals surface area contributed by atoms with E-state index in [9.17, 15) is 5.48 Å². The number of pyridine rings is 2. The van der Waals surface area contributed by atoms with Gasteiger partial charge in [-0.05, 0) is 91.6 Å². The molecule has 0 amide bonds. The minimum Gasteiger partial charge on any atom is -0.458 e. The highest BCUT2D eigenvalue weighted by Crippen LogP contribution is 2.46. The summed E-state index contributed by atoms with van der Waals surface area (Å²) in [6, 6.07) is 18.5. The van der Waals surface area contributed by atoms with E-state index in [0.717, 1.165) is 33.2 Å². The zero-order valence-electron chi connectivity index (χ0n) is 45.9. The highest BCUT2D eigenvalue weighted by molar-refractivity contribution is 6.09. The number of para-hydroxylation sites is 1. The Bertz CT molecular complexity index is 3490. The maximum Gasteiger partial charge on any atom is 0.270 e. The zero-order chi connectivity index (χ0) is 51.4. The number of hydrogen-bond acceptors (Lipinski definition) is 3. The Morgan fingerprint density at radius 1 is 0.590 bits per heavy atom. The van der Waals surface area contributed by atoms with Gasteiger partial charge >= 0.3 is 0 Å². The van der Waals surface area contributed by atoms with Gasteiger partial charge in [0.05, 0.1) is 30.4 Å². The summed E-state index contributed by atoms with van der Waals surface area (Å²) in [7, 11) is 0. The Balaban J connectivity index is 1.25. The molecule has 0 bridgehead atoms. The first-order chi connectivity index (χ1) is 33.3. The fourth-order valence-electron chi connectivity index (χ4n) is 7.92. The van der Waals surface area contributed by atoms with Crippen LogP contribution in [0.3, 0.4) is 0 Å². The van der Waals surface area contributed by atoms with E-state index in [1.165, 1.54) is 0 Å². The molecule has 4 heterocycles. The van der Waals surface area contributed by atoms with Crippen molar-refractivity contribution in [2.24, 2.45) is 0 Å². The lowest BCUT2D eigenvalue weighted by atomic mass is 9.73. The van der Waals surface area contributed by atoms with Crippen LogP contribution in [0, 0.1) is 6.33 Å². The monoisotopic (exact) mass is 809 g/mol. The highest BCUT2D eigenvalue weighted by Gasteiger charge is 2.31. The van der Waals surface area contributed by atoms with Gasteiger partial charge in [-0.3, -0.25) is 18.7 Å². The van der Waals surface area contributed by atoms with Crippen molar-refractivity contribution in [3.8, 4) is 51.1 Å². The molecule has 9 aromatic rings. The molecule has 9 rings (SSSR count). The van der Waals surface area contributed by atoms with Gasteiger partial charge in [0.15, 0.2) is 5.82 Å². The Hall–Kier alpha value is -6.79. The van der Waals surface area contributed by atoms with E-state index in [1.54, 1.807) is 39.9 Å². The van der Waals surface area contributed by atoms with Gasteiger partial charge in [-0.15, -0.1) is 0 Å². The molecule has 0 spiro atoms. The van der Waals surface area contributed by atoms with Crippen molar-refractivity contribution in [1.82, 2.24) is 19.1 Å². The summed E-state index contributed by atoms with van der Waals surface area (Å²) in [6.07, 6.45) is 10.2. The summed E-state index contributed by atoms with van der Waals surface area (Å²) in [5.74, 6) is 2.20. The molecule has 0 radical (unpaired) electrons. The highest BCUT2D eigenvalue weighted by atomic mass is 16.5. The number of nitrogens with zero attached hydrogens (tertiary/aromatic N) is 5. The third-order valence-corrected chi connectivity index (χ3v) is 10.9. The normalized spacial score (nSPS) is 14.6. The molecule has 0 saturated heterocycles. The van der Waals surface area contributed by atoms with Crippen molar-refractivity contribution in [2.45, 2.75) is 78.6 Å². The summed E-state index contributed by atoms with van der Waals surface area (Å²) >= 11 is 0. The lowest BCUT2D eigenvalue weighted by Crippen LogP contribution is -2.33. The Kier molecular flexibility index (Phi) is 7.26. The number of benzene rings is 5. The van der Waals surface area contributed by atoms with E-state index in [4.69, 9.17) is 17.9 Å². The SMILES string of the molecule is [2H]c1c([2H])c([2H])c(-c2c(C(C)(C)C)cc(C(C)(C)C)c(-c3c([2H])c([2H])c([2H])c([2H])c3[2H])c2-[n+]2[c-]n(-c3cc(Oc4ccc5c6ccccc6n(-c6cc(C(C)(C)C)ccn6)c5c4)ccn3)cc2)c([2H])c1[2H]. The molecule has 0 saturated carbocycles. The molecular weight excluding hydrogens is 747 g/mol. The summed E-state index contributed by atoms with van der Waals surface area (Å²) in [5.41, 5.74) is 3.15. The molecule has 0 aliphatic heterocycles. The topological polar surface area (TPSA) is 48.8 Å². The largest absolute Gasteiger partial charge is 0.458 e. The molecule has 0 fully saturated rings. The Morgan fingerprint density at radius 3 is 1.82 bits per heavy atom. The fraction of sp³-hybridized carbons (Fsp3) is 0.218. The van der Waals surface area contributed by atoms with E-state index in [0.29, 0.717) is 28.4 Å². The second-order valence-corrected chi connectivity index (χ2v) is 18.3. The van der Waals surface area contributed by atoms with Gasteiger partial charge in [0.2, 0.25) is 0 Å². The van der Waals surface area contributed by atoms with E-state index in [1.807, 2.05) is 90.2 Å². The van der Waals surface area contributed by atoms with E-state index in [2.05, 4.69) is 54.8 Å². The van der Waals surface area contributed by atoms with Gasteiger partial charge in [-0.25, -0.2) is 4.98 Å². The van der Waals surface area contributed by atoms with Crippen LogP contribution in [0.5, 0.6) is 11.5 Å². The fourth-order valence-corrected chi connectivity index (χ4v) is 7.92. The van der Waals surface area contributed by atoms with Crippen molar-refractivity contribution in [2.75, 3.05) is 0 Å². The first kappa shape index (κ1) is 29.4. The zero-order valence-corrected chi connectivity index (χ0v) is 35.9. The van der Waals surface area contributed by atoms with Crippen molar-refractivity contribution in [3.63, 3.8) is 0 Å². The molecule has 0 N–H and O–H groups in total. The number of ether oxygens (including phenoxy) is 1. The summed E-state index contributed by atoms with van der Waals surface area (Å²) in [4.78, 5) is 9.50. The van der Waals surface area contributed by atoms with Gasteiger partial charge in [-0.2, -0.15) is 0 Å². The second-order valence-electron chi connectivity index (χ2n) is 18.3. The van der Waals surface area contributed by atoms with Crippen molar-refractivity contribution in [1.29, 1.82) is 0 Å². The summed E-state index contributed by atoms with van der Waals surface area (Å²) in [5, 5.41) is 2.11. The van der Waals surface area contributed by atoms with Crippen LogP contribution in [0.25, 0.3) is 61.4 Å². The van der Waals surface area contributed by atoms with Crippen LogP contribution in [0.15, 0.2) is 158 Å². The third kappa shape index (κ3) is 7.52. The molecule has 61 heavy (non-hydrogen) atoms. The van der Waals surface area contributed by atoms with Crippen LogP contribution in [0.2, 0.25) is 0 Å². The van der Waals surface area contributed by atoms with E-state index >= 15 is 0 Å². The predicted molar refractivity (Wildman–Crippen MR) is 250 cm³/mol. The second kappa shape index (κ2) is 15.0. The van der Waals surface area contributed by atoms with Gasteiger partial charge < -0.3 is 4.74 Å². The quantitative estimate of drug-likeness (QED) is 0.119. The first-order valence-corrected chi connectivity index (χ1v) is 20.3. The van der Waals surface area contributed by atoms with Gasteiger partial charge in [0, 0.05) is 47.7 Å². The number of rotatable bonds is 7. The molecule has 0 aliphatic carbocycles. The number of fused-ring (bicyclic) bond motifs is 3. The van der Waals surface area contributed by atoms with Crippen molar-refractivity contribution >= 4 is 21.8 Å². The smallest absolute Gasteiger partial charge is 0.270 e. The number of hydrogen-bond donors (Lipinski definition) is 0. The van der Waals surface area contributed by atoms with Gasteiger partial charge in [0.25, 0.3) is 6.33 Å². The summed E-state index contributed by atoms with van der Waals surface area (Å²) in [6.45, 7) is 18.2. The minimum absolute atomic E-state index is 0.0920. The van der Waals surface area contributed by atoms with E-state index in [-0.39, 0.29) is 33.4 Å². The Labute approximate surface area is 373 Å². The standard InChI is InChI=1S/C55H53N5O/c1-53(2,3)39-26-28-57-49(32-39)60-46-23-17-16-22-42(46)43-25-24-40(33-47(43)60)61-41-27-29-56-48(34-41)58-30-31-59(36-58)52-50(37-18-12-10-13-19-37)44(54(4,5)6)35-45(55(7,8)9)51(52)38-20-14-11-15-21-38/h10-35H,1-9H3/i10D,11D,12D,13D,14D,15D,18D,19D,20D,21D. The molecule has 4 aromatic heterocycles. The maximum atomic E-state index is 9.30. The molecule has 6 heteroatoms. The van der Waals surface area contributed by atoms with Crippen LogP contribution in [0.1, 0.15) is 92.7 Å². The molecule has 0 aliphatic rings. The van der Waals surface area contributed by atoms with Crippen molar-refractivity contribution in [3.05, 3.63) is 181 Å². The first-order valence-electron chi connectivity index (χ1n) is 25.3. The van der Waals surface area contributed by atoms with Crippen LogP contribution >= 0.6 is 0 Å². The maximum absolute atomic E-state index is 9.30. The van der Waals surface area contributed by atoms with Crippen LogP contribution in [0.4, 0.5) is 0 Å². The lowest BCUT2D eigenvalue weighted by molar-refractivity contribution is -0.598. The van der Waals surface area contributed by atoms with Crippen molar-refractivity contribution < 1.29 is 23.0 Å². The molecular formula is C55H53N5O.